The molecule has 1 N–H and O–H groups in total. The Morgan fingerprint density at radius 1 is 0.789 bits per heavy atom. The number of halogens is 3. The summed E-state index contributed by atoms with van der Waals surface area (Å²) in [4.78, 5) is 38.9. The van der Waals surface area contributed by atoms with Crippen molar-refractivity contribution in [1.29, 1.82) is 0 Å². The molecule has 0 spiro atoms. The Kier molecular flexibility index (Phi) is 9.15. The molecule has 4 aliphatic rings. The molecule has 2 saturated heterocycles. The molecule has 9 nitrogen and oxygen atoms in total. The zero-order chi connectivity index (χ0) is 28.5. The van der Waals surface area contributed by atoms with Crippen LogP contribution in [0.4, 0.5) is 22.8 Å². The molecule has 12 heteroatoms. The van der Waals surface area contributed by atoms with E-state index < -0.39 is 23.8 Å². The van der Waals surface area contributed by atoms with E-state index in [1.54, 1.807) is 25.7 Å². The van der Waals surface area contributed by atoms with Gasteiger partial charge in [-0.1, -0.05) is 0 Å². The van der Waals surface area contributed by atoms with Crippen molar-refractivity contribution < 1.29 is 37.0 Å². The van der Waals surface area contributed by atoms with E-state index in [0.717, 1.165) is 30.6 Å². The first-order valence-electron chi connectivity index (χ1n) is 13.5. The van der Waals surface area contributed by atoms with Crippen LogP contribution in [0, 0.1) is 11.8 Å². The lowest BCUT2D eigenvalue weighted by Gasteiger charge is -2.42. The van der Waals surface area contributed by atoms with Crippen LogP contribution in [0.5, 0.6) is 0 Å². The van der Waals surface area contributed by atoms with Crippen LogP contribution in [0.25, 0.3) is 0 Å². The van der Waals surface area contributed by atoms with Gasteiger partial charge in [0, 0.05) is 63.2 Å². The van der Waals surface area contributed by atoms with Gasteiger partial charge in [-0.2, -0.15) is 13.2 Å². The van der Waals surface area contributed by atoms with Crippen LogP contribution in [-0.2, 0) is 14.3 Å². The van der Waals surface area contributed by atoms with Crippen molar-refractivity contribution in [3.63, 3.8) is 0 Å². The molecule has 0 aromatic rings. The van der Waals surface area contributed by atoms with Crippen molar-refractivity contribution in [2.75, 3.05) is 39.3 Å². The van der Waals surface area contributed by atoms with E-state index in [0.29, 0.717) is 31.8 Å². The van der Waals surface area contributed by atoms with Crippen LogP contribution < -0.4 is 5.32 Å². The molecular formula is C26H43F3N4O5. The number of nitrogens with zero attached hydrogens (tertiary/aromatic N) is 3. The van der Waals surface area contributed by atoms with Crippen LogP contribution in [0.2, 0.25) is 0 Å². The molecule has 0 unspecified atom stereocenters. The molecule has 0 atom stereocenters. The number of hydrogen-bond acceptors (Lipinski definition) is 6. The van der Waals surface area contributed by atoms with E-state index in [9.17, 15) is 27.6 Å². The van der Waals surface area contributed by atoms with Gasteiger partial charge in [0.05, 0.1) is 0 Å². The van der Waals surface area contributed by atoms with Gasteiger partial charge in [0.25, 0.3) is 0 Å². The van der Waals surface area contributed by atoms with Crippen LogP contribution >= 0.6 is 0 Å². The molecule has 0 bridgehead atoms. The third-order valence-corrected chi connectivity index (χ3v) is 6.44. The maximum Gasteiger partial charge on any atom is 0.471 e. The zero-order valence-electron chi connectivity index (χ0n) is 23.4. The number of likely N-dealkylation sites (tertiary alicyclic amines) is 2. The Hall–Kier alpha value is -2.24. The van der Waals surface area contributed by atoms with Gasteiger partial charge in [0.1, 0.15) is 11.2 Å². The summed E-state index contributed by atoms with van der Waals surface area (Å²) in [6.45, 7) is 14.4. The molecular weight excluding hydrogens is 505 g/mol. The first kappa shape index (κ1) is 30.3. The molecule has 4 fully saturated rings. The SMILES string of the molecule is CC(C)(C)OC(=O)N1CC(CN(C(=O)C(F)(F)F)C2CC2)C1.CC(C)(C)OC(=O)N1CC(CNC2CC2)C1. The summed E-state index contributed by atoms with van der Waals surface area (Å²) >= 11 is 0. The van der Waals surface area contributed by atoms with Crippen LogP contribution in [0.3, 0.4) is 0 Å². The minimum Gasteiger partial charge on any atom is -0.444 e. The van der Waals surface area contributed by atoms with E-state index in [4.69, 9.17) is 9.47 Å². The number of nitrogens with one attached hydrogen (secondary N) is 1. The number of carbonyl (C=O) groups is 3. The molecule has 3 amide bonds. The molecule has 0 radical (unpaired) electrons. The van der Waals surface area contributed by atoms with Crippen LogP contribution in [0.15, 0.2) is 0 Å². The van der Waals surface area contributed by atoms with Gasteiger partial charge < -0.3 is 29.5 Å². The van der Waals surface area contributed by atoms with Gasteiger partial charge in [-0.3, -0.25) is 4.79 Å². The predicted octanol–water partition coefficient (Wildman–Crippen LogP) is 4.01. The van der Waals surface area contributed by atoms with Crippen molar-refractivity contribution in [3.8, 4) is 0 Å². The van der Waals surface area contributed by atoms with Crippen LogP contribution in [-0.4, -0.2) is 102 Å². The topological polar surface area (TPSA) is 91.4 Å². The maximum atomic E-state index is 12.6. The highest BCUT2D eigenvalue weighted by atomic mass is 19.4. The summed E-state index contributed by atoms with van der Waals surface area (Å²) in [5.74, 6) is -1.28. The largest absolute Gasteiger partial charge is 0.471 e. The maximum absolute atomic E-state index is 12.6. The van der Waals surface area contributed by atoms with Gasteiger partial charge in [-0.15, -0.1) is 0 Å². The fourth-order valence-corrected chi connectivity index (χ4v) is 4.18. The lowest BCUT2D eigenvalue weighted by Crippen LogP contribution is -2.56. The first-order valence-corrected chi connectivity index (χ1v) is 13.5. The average Bonchev–Trinajstić information content (AvgIpc) is 3.56. The molecule has 2 aliphatic carbocycles. The average molecular weight is 549 g/mol. The lowest BCUT2D eigenvalue weighted by atomic mass is 10.00. The minimum atomic E-state index is -4.84. The summed E-state index contributed by atoms with van der Waals surface area (Å²) in [5.41, 5.74) is -0.983. The fraction of sp³-hybridized carbons (Fsp3) is 0.885. The van der Waals surface area contributed by atoms with Crippen molar-refractivity contribution in [2.24, 2.45) is 11.8 Å². The van der Waals surface area contributed by atoms with E-state index in [-0.39, 0.29) is 30.2 Å². The van der Waals surface area contributed by atoms with E-state index in [1.165, 1.54) is 17.7 Å². The quantitative estimate of drug-likeness (QED) is 0.540. The molecule has 0 aromatic carbocycles. The standard InChI is InChI=1S/C14H21F3N2O3.C12H22N2O2/c1-13(2,3)22-12(21)18-6-9(7-18)8-19(10-4-5-10)11(20)14(15,16)17;1-12(2,3)16-11(15)14-7-9(8-14)6-13-10-4-5-10/h9-10H,4-8H2,1-3H3;9-10,13H,4-8H2,1-3H3. The van der Waals surface area contributed by atoms with Gasteiger partial charge in [-0.05, 0) is 67.2 Å². The van der Waals surface area contributed by atoms with Gasteiger partial charge in [0.2, 0.25) is 0 Å². The number of rotatable bonds is 6. The molecule has 0 aromatic heterocycles. The Labute approximate surface area is 223 Å². The van der Waals surface area contributed by atoms with Crippen molar-refractivity contribution in [3.05, 3.63) is 0 Å². The Balaban J connectivity index is 0.000000221. The summed E-state index contributed by atoms with van der Waals surface area (Å²) < 4.78 is 48.2. The number of carbonyl (C=O) groups excluding carboxylic acids is 3. The van der Waals surface area contributed by atoms with Crippen molar-refractivity contribution >= 4 is 18.1 Å². The Morgan fingerprint density at radius 2 is 1.24 bits per heavy atom. The predicted molar refractivity (Wildman–Crippen MR) is 134 cm³/mol. The highest BCUT2D eigenvalue weighted by Gasteiger charge is 2.48. The normalized spacial score (nSPS) is 20.6. The molecule has 2 aliphatic heterocycles. The highest BCUT2D eigenvalue weighted by molar-refractivity contribution is 5.82. The number of hydrogen-bond donors (Lipinski definition) is 1. The van der Waals surface area contributed by atoms with E-state index in [2.05, 4.69) is 5.32 Å². The summed E-state index contributed by atoms with van der Waals surface area (Å²) in [7, 11) is 0. The summed E-state index contributed by atoms with van der Waals surface area (Å²) in [6, 6.07) is 0.459. The molecule has 4 rings (SSSR count). The number of alkyl halides is 3. The second-order valence-corrected chi connectivity index (χ2v) is 12.9. The third kappa shape index (κ3) is 9.81. The fourth-order valence-electron chi connectivity index (χ4n) is 4.18. The first-order chi connectivity index (χ1) is 17.4. The Morgan fingerprint density at radius 3 is 1.61 bits per heavy atom. The zero-order valence-corrected chi connectivity index (χ0v) is 23.4. The van der Waals surface area contributed by atoms with E-state index >= 15 is 0 Å². The second kappa shape index (κ2) is 11.5. The minimum absolute atomic E-state index is 0.0440. The summed E-state index contributed by atoms with van der Waals surface area (Å²) in [5, 5.41) is 3.49. The number of ether oxygens (including phenoxy) is 2. The molecule has 218 valence electrons. The lowest BCUT2D eigenvalue weighted by molar-refractivity contribution is -0.187. The third-order valence-electron chi connectivity index (χ3n) is 6.44. The smallest absolute Gasteiger partial charge is 0.444 e. The van der Waals surface area contributed by atoms with Gasteiger partial charge >= 0.3 is 24.3 Å². The second-order valence-electron chi connectivity index (χ2n) is 12.9. The Bertz CT molecular complexity index is 850. The van der Waals surface area contributed by atoms with Gasteiger partial charge in [-0.25, -0.2) is 9.59 Å². The van der Waals surface area contributed by atoms with Crippen LogP contribution in [0.1, 0.15) is 67.2 Å². The molecule has 2 saturated carbocycles. The monoisotopic (exact) mass is 548 g/mol. The highest BCUT2D eigenvalue weighted by Crippen LogP contribution is 2.33. The number of amides is 3. The molecule has 38 heavy (non-hydrogen) atoms. The summed E-state index contributed by atoms with van der Waals surface area (Å²) in [6.07, 6.45) is -1.60. The van der Waals surface area contributed by atoms with Crippen molar-refractivity contribution in [1.82, 2.24) is 20.0 Å². The molecule has 2 heterocycles. The van der Waals surface area contributed by atoms with Gasteiger partial charge in [0.15, 0.2) is 0 Å². The van der Waals surface area contributed by atoms with E-state index in [1.807, 2.05) is 20.8 Å². The van der Waals surface area contributed by atoms with Crippen molar-refractivity contribution in [2.45, 2.75) is 96.7 Å².